The molecule has 0 unspecified atom stereocenters. The van der Waals surface area contributed by atoms with Crippen molar-refractivity contribution in [3.63, 3.8) is 0 Å². The summed E-state index contributed by atoms with van der Waals surface area (Å²) in [6.07, 6.45) is 11.4. The van der Waals surface area contributed by atoms with Gasteiger partial charge in [0.1, 0.15) is 0 Å². The van der Waals surface area contributed by atoms with Crippen LogP contribution in [0.15, 0.2) is 88.9 Å². The number of hydrogen-bond donors (Lipinski definition) is 4. The van der Waals surface area contributed by atoms with Gasteiger partial charge in [-0.25, -0.2) is 17.8 Å². The number of aryl methyl sites for hydroxylation is 1. The quantitative estimate of drug-likeness (QED) is 0.127. The molecular formula is C32H41N5O5S. The maximum Gasteiger partial charge on any atom is 0.335 e. The molecule has 4 aromatic rings. The van der Waals surface area contributed by atoms with Gasteiger partial charge >= 0.3 is 5.69 Å². The smallest absolute Gasteiger partial charge is 0.335 e. The van der Waals surface area contributed by atoms with Crippen LogP contribution in [0.1, 0.15) is 62.7 Å². The van der Waals surface area contributed by atoms with E-state index >= 15 is 0 Å². The molecule has 10 nitrogen and oxygen atoms in total. The van der Waals surface area contributed by atoms with Crippen molar-refractivity contribution in [2.45, 2.75) is 69.4 Å². The Morgan fingerprint density at radius 1 is 0.953 bits per heavy atom. The Balaban J connectivity index is 1.29. The van der Waals surface area contributed by atoms with Gasteiger partial charge in [0, 0.05) is 36.7 Å². The highest BCUT2D eigenvalue weighted by molar-refractivity contribution is 7.92. The van der Waals surface area contributed by atoms with Gasteiger partial charge in [-0.05, 0) is 67.4 Å². The zero-order valence-corrected chi connectivity index (χ0v) is 25.3. The Morgan fingerprint density at radius 3 is 2.37 bits per heavy atom. The molecule has 43 heavy (non-hydrogen) atoms. The van der Waals surface area contributed by atoms with Crippen LogP contribution in [0.3, 0.4) is 0 Å². The summed E-state index contributed by atoms with van der Waals surface area (Å²) < 4.78 is 31.3. The number of aliphatic hydroxyl groups is 1. The van der Waals surface area contributed by atoms with Gasteiger partial charge in [0.15, 0.2) is 0 Å². The zero-order chi connectivity index (χ0) is 30.7. The molecule has 1 atom stereocenters. The van der Waals surface area contributed by atoms with E-state index in [1.54, 1.807) is 30.6 Å². The standard InChI is InChI=1S/C32H41N5O5S/c1-2-3-4-5-6-7-21-36-24-31(39)37(32(36)40)28-14-16-29(17-15-28)43(41,42)35-27-12-10-25(11-13-27)18-20-34-23-30(38)26-9-8-19-33-22-26/h8-17,19,22,24,30,34-35,38-39H,2-7,18,20-21,23H2,1H3/t30-/m0/s1. The van der Waals surface area contributed by atoms with Crippen LogP contribution in [0.25, 0.3) is 5.69 Å². The minimum absolute atomic E-state index is 0.0377. The molecule has 0 saturated heterocycles. The summed E-state index contributed by atoms with van der Waals surface area (Å²) in [5.41, 5.74) is 2.22. The molecule has 0 radical (unpaired) electrons. The van der Waals surface area contributed by atoms with Crippen molar-refractivity contribution in [2.24, 2.45) is 0 Å². The van der Waals surface area contributed by atoms with Crippen molar-refractivity contribution >= 4 is 15.7 Å². The molecule has 4 N–H and O–H groups in total. The third-order valence-corrected chi connectivity index (χ3v) is 8.70. The Morgan fingerprint density at radius 2 is 1.67 bits per heavy atom. The lowest BCUT2D eigenvalue weighted by Crippen LogP contribution is -2.23. The first-order valence-corrected chi connectivity index (χ1v) is 16.3. The number of nitrogens with zero attached hydrogens (tertiary/aromatic N) is 3. The van der Waals surface area contributed by atoms with E-state index in [0.29, 0.717) is 37.4 Å². The molecule has 0 fully saturated rings. The number of benzene rings is 2. The number of rotatable bonds is 17. The van der Waals surface area contributed by atoms with Crippen molar-refractivity contribution in [2.75, 3.05) is 17.8 Å². The molecule has 0 amide bonds. The summed E-state index contributed by atoms with van der Waals surface area (Å²) in [6.45, 7) is 3.74. The van der Waals surface area contributed by atoms with E-state index in [9.17, 15) is 23.4 Å². The predicted molar refractivity (Wildman–Crippen MR) is 168 cm³/mol. The van der Waals surface area contributed by atoms with E-state index in [2.05, 4.69) is 21.9 Å². The van der Waals surface area contributed by atoms with Crippen LogP contribution in [0, 0.1) is 0 Å². The Bertz CT molecular complexity index is 1580. The molecule has 0 spiro atoms. The van der Waals surface area contributed by atoms with Crippen LogP contribution in [-0.2, 0) is 23.0 Å². The Labute approximate surface area is 253 Å². The van der Waals surface area contributed by atoms with Gasteiger partial charge in [-0.3, -0.25) is 14.3 Å². The average Bonchev–Trinajstić information content (AvgIpc) is 3.30. The van der Waals surface area contributed by atoms with Gasteiger partial charge in [-0.1, -0.05) is 57.2 Å². The van der Waals surface area contributed by atoms with Gasteiger partial charge in [0.2, 0.25) is 5.88 Å². The second-order valence-electron chi connectivity index (χ2n) is 10.6. The molecule has 2 aromatic carbocycles. The van der Waals surface area contributed by atoms with Gasteiger partial charge in [-0.2, -0.15) is 0 Å². The van der Waals surface area contributed by atoms with E-state index in [4.69, 9.17) is 0 Å². The normalized spacial score (nSPS) is 12.3. The molecule has 0 aliphatic rings. The van der Waals surface area contributed by atoms with Crippen molar-refractivity contribution in [3.05, 3.63) is 101 Å². The SMILES string of the molecule is CCCCCCCCn1cc(O)n(-c2ccc(S(=O)(=O)Nc3ccc(CCNC[C@H](O)c4cccnc4)cc3)cc2)c1=O. The van der Waals surface area contributed by atoms with Crippen LogP contribution in [0.5, 0.6) is 5.88 Å². The monoisotopic (exact) mass is 607 g/mol. The van der Waals surface area contributed by atoms with Crippen LogP contribution in [0.4, 0.5) is 5.69 Å². The first-order valence-electron chi connectivity index (χ1n) is 14.8. The van der Waals surface area contributed by atoms with E-state index in [1.165, 1.54) is 58.9 Å². The van der Waals surface area contributed by atoms with Crippen molar-refractivity contribution < 1.29 is 18.6 Å². The highest BCUT2D eigenvalue weighted by atomic mass is 32.2. The number of aliphatic hydroxyl groups excluding tert-OH is 1. The maximum absolute atomic E-state index is 13.0. The number of nitrogens with one attached hydrogen (secondary N) is 2. The summed E-state index contributed by atoms with van der Waals surface area (Å²) >= 11 is 0. The van der Waals surface area contributed by atoms with Crippen LogP contribution in [0.2, 0.25) is 0 Å². The third-order valence-electron chi connectivity index (χ3n) is 7.30. The fourth-order valence-electron chi connectivity index (χ4n) is 4.83. The lowest BCUT2D eigenvalue weighted by atomic mass is 10.1. The van der Waals surface area contributed by atoms with E-state index in [1.807, 2.05) is 18.2 Å². The summed E-state index contributed by atoms with van der Waals surface area (Å²) in [7, 11) is -3.87. The second kappa shape index (κ2) is 15.5. The van der Waals surface area contributed by atoms with Gasteiger partial charge < -0.3 is 15.5 Å². The molecule has 2 heterocycles. The molecule has 4 rings (SSSR count). The largest absolute Gasteiger partial charge is 0.493 e. The number of unbranched alkanes of at least 4 members (excludes halogenated alkanes) is 5. The minimum atomic E-state index is -3.87. The molecular weight excluding hydrogens is 566 g/mol. The summed E-state index contributed by atoms with van der Waals surface area (Å²) in [4.78, 5) is 16.9. The molecule has 0 saturated carbocycles. The molecule has 230 valence electrons. The van der Waals surface area contributed by atoms with E-state index < -0.39 is 16.1 Å². The Hall–Kier alpha value is -3.93. The number of imidazole rings is 1. The minimum Gasteiger partial charge on any atom is -0.493 e. The zero-order valence-electron chi connectivity index (χ0n) is 24.5. The van der Waals surface area contributed by atoms with Crippen LogP contribution >= 0.6 is 0 Å². The summed E-state index contributed by atoms with van der Waals surface area (Å²) in [5.74, 6) is -0.190. The number of pyridine rings is 1. The van der Waals surface area contributed by atoms with E-state index in [0.717, 1.165) is 30.4 Å². The van der Waals surface area contributed by atoms with Crippen molar-refractivity contribution in [1.29, 1.82) is 0 Å². The van der Waals surface area contributed by atoms with E-state index in [-0.39, 0.29) is 16.5 Å². The number of aromatic nitrogens is 3. The van der Waals surface area contributed by atoms with Crippen LogP contribution < -0.4 is 15.7 Å². The average molecular weight is 608 g/mol. The molecule has 2 aromatic heterocycles. The van der Waals surface area contributed by atoms with Crippen molar-refractivity contribution in [1.82, 2.24) is 19.4 Å². The maximum atomic E-state index is 13.0. The number of sulfonamides is 1. The topological polar surface area (TPSA) is 138 Å². The number of anilines is 1. The highest BCUT2D eigenvalue weighted by Crippen LogP contribution is 2.21. The molecule has 0 bridgehead atoms. The summed E-state index contributed by atoms with van der Waals surface area (Å²) in [5, 5.41) is 23.9. The fourth-order valence-corrected chi connectivity index (χ4v) is 5.89. The number of aromatic hydroxyl groups is 1. The van der Waals surface area contributed by atoms with Gasteiger partial charge in [0.25, 0.3) is 10.0 Å². The lowest BCUT2D eigenvalue weighted by molar-refractivity contribution is 0.174. The molecule has 11 heteroatoms. The Kier molecular flexibility index (Phi) is 11.5. The number of hydrogen-bond acceptors (Lipinski definition) is 7. The first-order chi connectivity index (χ1) is 20.8. The fraction of sp³-hybridized carbons (Fsp3) is 0.375. The van der Waals surface area contributed by atoms with Crippen molar-refractivity contribution in [3.8, 4) is 11.6 Å². The predicted octanol–water partition coefficient (Wildman–Crippen LogP) is 4.77. The first kappa shape index (κ1) is 32.0. The molecule has 0 aliphatic heterocycles. The lowest BCUT2D eigenvalue weighted by Gasteiger charge is -2.12. The van der Waals surface area contributed by atoms with Gasteiger partial charge in [0.05, 0.1) is 22.9 Å². The second-order valence-corrected chi connectivity index (χ2v) is 12.3. The summed E-state index contributed by atoms with van der Waals surface area (Å²) in [6, 6.07) is 16.6. The molecule has 0 aliphatic carbocycles. The third kappa shape index (κ3) is 9.03. The highest BCUT2D eigenvalue weighted by Gasteiger charge is 2.17. The van der Waals surface area contributed by atoms with Gasteiger partial charge in [-0.15, -0.1) is 0 Å². The van der Waals surface area contributed by atoms with Crippen LogP contribution in [-0.4, -0.2) is 45.8 Å².